The molecule has 0 aromatic heterocycles. The molecule has 4 nitrogen and oxygen atoms in total. The fourth-order valence-electron chi connectivity index (χ4n) is 0.510. The molecule has 0 spiro atoms. The van der Waals surface area contributed by atoms with Crippen LogP contribution in [0.15, 0.2) is 0 Å². The quantitative estimate of drug-likeness (QED) is 0.407. The molecule has 54 valence electrons. The van der Waals surface area contributed by atoms with Crippen LogP contribution in [0.5, 0.6) is 0 Å². The minimum atomic E-state index is -2.33. The number of hydrogen-bond acceptors (Lipinski definition) is 4. The van der Waals surface area contributed by atoms with Gasteiger partial charge in [0.15, 0.2) is 0 Å². The Balaban J connectivity index is -0.000000101. The summed E-state index contributed by atoms with van der Waals surface area (Å²) in [4.78, 5) is 8.33. The van der Waals surface area contributed by atoms with Crippen molar-refractivity contribution in [1.82, 2.24) is 0 Å². The van der Waals surface area contributed by atoms with Crippen LogP contribution in [0, 0.1) is 0 Å². The van der Waals surface area contributed by atoms with E-state index in [2.05, 4.69) is 0 Å². The minimum absolute atomic E-state index is 0. The Bertz CT molecular complexity index is 72.9. The summed E-state index contributed by atoms with van der Waals surface area (Å²) < 4.78 is 4.94. The van der Waals surface area contributed by atoms with Gasteiger partial charge in [-0.2, -0.15) is 0 Å². The van der Waals surface area contributed by atoms with Gasteiger partial charge in [-0.3, -0.25) is 0 Å². The monoisotopic (exact) mass is 398 g/mol. The molecule has 0 unspecified atom stereocenters. The van der Waals surface area contributed by atoms with Crippen LogP contribution in [0.1, 0.15) is 12.8 Å². The first-order chi connectivity index (χ1) is 4.23. The van der Waals surface area contributed by atoms with Crippen LogP contribution >= 0.6 is 0 Å². The van der Waals surface area contributed by atoms with E-state index in [1.807, 2.05) is 0 Å². The van der Waals surface area contributed by atoms with Crippen molar-refractivity contribution in [1.29, 1.82) is 0 Å². The molecular formula is C5H8Cs2O4. The van der Waals surface area contributed by atoms with Crippen molar-refractivity contribution in [3.05, 3.63) is 0 Å². The molecule has 0 aromatic carbocycles. The number of rotatable bonds is 0. The Morgan fingerprint density at radius 3 is 1.45 bits per heavy atom. The fraction of sp³-hybridized carbons (Fsp3) is 0.800. The average Bonchev–Trinajstić information content (AvgIpc) is 2.11. The Labute approximate surface area is 184 Å². The summed E-state index contributed by atoms with van der Waals surface area (Å²) in [5.41, 5.74) is 0. The van der Waals surface area contributed by atoms with Crippen LogP contribution in [-0.2, 0) is 4.74 Å². The Morgan fingerprint density at radius 2 is 1.36 bits per heavy atom. The standard InChI is InChI=1S/C4H8O.CH2O3.2Cs/c1-2-4-5-3-1;2-1(3)4;;/h1-4H2;(H2,2,3,4);;/q;;2*+1/p-2. The minimum Gasteiger partial charge on any atom is -0.652 e. The number of ether oxygens (including phenoxy) is 1. The molecule has 1 saturated heterocycles. The van der Waals surface area contributed by atoms with Crippen molar-refractivity contribution < 1.29 is 158 Å². The molecule has 1 rings (SSSR count). The van der Waals surface area contributed by atoms with E-state index in [0.29, 0.717) is 0 Å². The third-order valence-corrected chi connectivity index (χ3v) is 0.827. The van der Waals surface area contributed by atoms with E-state index in [-0.39, 0.29) is 138 Å². The van der Waals surface area contributed by atoms with Crippen LogP contribution in [-0.4, -0.2) is 19.4 Å². The molecule has 0 radical (unpaired) electrons. The Hall–Kier alpha value is 3.33. The van der Waals surface area contributed by atoms with Crippen LogP contribution in [0.25, 0.3) is 0 Å². The largest absolute Gasteiger partial charge is 1.00 e. The summed E-state index contributed by atoms with van der Waals surface area (Å²) in [6.45, 7) is 2.00. The predicted molar refractivity (Wildman–Crippen MR) is 25.4 cm³/mol. The fourth-order valence-corrected chi connectivity index (χ4v) is 0.510. The maximum Gasteiger partial charge on any atom is 1.00 e. The van der Waals surface area contributed by atoms with Gasteiger partial charge < -0.3 is 19.7 Å². The SMILES string of the molecule is C1CCOC1.O=C([O-])[O-].[Cs+].[Cs+]. The van der Waals surface area contributed by atoms with E-state index in [1.54, 1.807) is 0 Å². The van der Waals surface area contributed by atoms with Crippen LogP contribution < -0.4 is 148 Å². The van der Waals surface area contributed by atoms with Crippen molar-refractivity contribution >= 4 is 6.16 Å². The topological polar surface area (TPSA) is 72.4 Å². The second-order valence-corrected chi connectivity index (χ2v) is 1.57. The van der Waals surface area contributed by atoms with Gasteiger partial charge in [-0.15, -0.1) is 0 Å². The molecule has 11 heavy (non-hydrogen) atoms. The van der Waals surface area contributed by atoms with Crippen molar-refractivity contribution in [2.45, 2.75) is 12.8 Å². The zero-order valence-corrected chi connectivity index (χ0v) is 19.5. The normalized spacial score (nSPS) is 13.1. The first-order valence-corrected chi connectivity index (χ1v) is 2.69. The van der Waals surface area contributed by atoms with Crippen molar-refractivity contribution in [3.8, 4) is 0 Å². The van der Waals surface area contributed by atoms with Gasteiger partial charge in [-0.25, -0.2) is 0 Å². The first kappa shape index (κ1) is 19.8. The van der Waals surface area contributed by atoms with Crippen LogP contribution in [0.4, 0.5) is 4.79 Å². The van der Waals surface area contributed by atoms with Crippen molar-refractivity contribution in [2.75, 3.05) is 13.2 Å². The molecule has 1 aliphatic rings. The maximum absolute atomic E-state index is 8.33. The second-order valence-electron chi connectivity index (χ2n) is 1.57. The Kier molecular flexibility index (Phi) is 28.5. The summed E-state index contributed by atoms with van der Waals surface area (Å²) in [6, 6.07) is 0. The van der Waals surface area contributed by atoms with Crippen LogP contribution in [0.3, 0.4) is 0 Å². The van der Waals surface area contributed by atoms with Gasteiger partial charge in [-0.1, -0.05) is 0 Å². The van der Waals surface area contributed by atoms with E-state index in [1.165, 1.54) is 12.8 Å². The zero-order chi connectivity index (χ0) is 7.11. The summed E-state index contributed by atoms with van der Waals surface area (Å²) in [6.07, 6.45) is 0.222. The van der Waals surface area contributed by atoms with Gasteiger partial charge in [0.05, 0.1) is 0 Å². The van der Waals surface area contributed by atoms with Gasteiger partial charge in [0.1, 0.15) is 0 Å². The van der Waals surface area contributed by atoms with Gasteiger partial charge in [-0.05, 0) is 19.0 Å². The van der Waals surface area contributed by atoms with Gasteiger partial charge in [0.25, 0.3) is 0 Å². The van der Waals surface area contributed by atoms with Crippen molar-refractivity contribution in [3.63, 3.8) is 0 Å². The molecule has 1 heterocycles. The predicted octanol–water partition coefficient (Wildman–Crippen LogP) is -7.64. The van der Waals surface area contributed by atoms with Gasteiger partial charge >= 0.3 is 138 Å². The van der Waals surface area contributed by atoms with E-state index in [9.17, 15) is 0 Å². The molecule has 0 amide bonds. The van der Waals surface area contributed by atoms with E-state index in [0.717, 1.165) is 13.2 Å². The maximum atomic E-state index is 8.33. The summed E-state index contributed by atoms with van der Waals surface area (Å²) in [5.74, 6) is 0. The molecule has 0 N–H and O–H groups in total. The number of hydrogen-bond donors (Lipinski definition) is 0. The third kappa shape index (κ3) is 24.7. The molecule has 1 fully saturated rings. The van der Waals surface area contributed by atoms with Crippen molar-refractivity contribution in [2.24, 2.45) is 0 Å². The molecule has 0 aromatic rings. The van der Waals surface area contributed by atoms with Crippen LogP contribution in [0.2, 0.25) is 0 Å². The number of carbonyl (C=O) groups is 1. The molecular weight excluding hydrogens is 390 g/mol. The second kappa shape index (κ2) is 15.8. The summed E-state index contributed by atoms with van der Waals surface area (Å²) in [5, 5.41) is 16.7. The smallest absolute Gasteiger partial charge is 0.652 e. The summed E-state index contributed by atoms with van der Waals surface area (Å²) in [7, 11) is 0. The Morgan fingerprint density at radius 1 is 1.09 bits per heavy atom. The number of carboxylic acid groups (broad SMARTS) is 2. The van der Waals surface area contributed by atoms with E-state index < -0.39 is 6.16 Å². The zero-order valence-electron chi connectivity index (χ0n) is 6.96. The van der Waals surface area contributed by atoms with Gasteiger partial charge in [0.2, 0.25) is 0 Å². The third-order valence-electron chi connectivity index (χ3n) is 0.827. The molecule has 1 aliphatic heterocycles. The molecule has 0 aliphatic carbocycles. The number of carbonyl (C=O) groups excluding carboxylic acids is 1. The molecule has 0 atom stereocenters. The first-order valence-electron chi connectivity index (χ1n) is 2.69. The van der Waals surface area contributed by atoms with E-state index >= 15 is 0 Å². The molecule has 0 bridgehead atoms. The molecule has 0 saturated carbocycles. The van der Waals surface area contributed by atoms with E-state index in [4.69, 9.17) is 19.7 Å². The molecule has 6 heteroatoms. The van der Waals surface area contributed by atoms with Gasteiger partial charge in [0, 0.05) is 13.2 Å². The average molecular weight is 398 g/mol. The summed E-state index contributed by atoms with van der Waals surface area (Å²) >= 11 is 0.